The molecule has 80 valence electrons. The Bertz CT molecular complexity index is 111. The summed E-state index contributed by atoms with van der Waals surface area (Å²) in [6, 6.07) is 0.651. The summed E-state index contributed by atoms with van der Waals surface area (Å²) < 4.78 is 5.63. The molecule has 0 rings (SSSR count). The van der Waals surface area contributed by atoms with Crippen LogP contribution in [0.5, 0.6) is 0 Å². The van der Waals surface area contributed by atoms with Crippen molar-refractivity contribution in [1.82, 2.24) is 5.32 Å². The van der Waals surface area contributed by atoms with Crippen molar-refractivity contribution in [3.63, 3.8) is 0 Å². The van der Waals surface area contributed by atoms with Crippen LogP contribution < -0.4 is 5.32 Å². The molecule has 0 saturated carbocycles. The molecule has 1 atom stereocenters. The Labute approximate surface area is 83.1 Å². The van der Waals surface area contributed by atoms with Crippen LogP contribution in [0.4, 0.5) is 0 Å². The van der Waals surface area contributed by atoms with E-state index in [0.29, 0.717) is 18.2 Å². The first-order valence-electron chi connectivity index (χ1n) is 5.48. The highest BCUT2D eigenvalue weighted by molar-refractivity contribution is 4.65. The van der Waals surface area contributed by atoms with E-state index in [1.54, 1.807) is 0 Å². The fourth-order valence-electron chi connectivity index (χ4n) is 1.42. The van der Waals surface area contributed by atoms with Crippen LogP contribution in [0.3, 0.4) is 0 Å². The lowest BCUT2D eigenvalue weighted by Gasteiger charge is -2.20. The first-order chi connectivity index (χ1) is 6.10. The SMILES string of the molecule is CCC(CC)NCC(C)OC(C)C. The van der Waals surface area contributed by atoms with Crippen molar-refractivity contribution in [2.75, 3.05) is 6.54 Å². The second kappa shape index (κ2) is 7.34. The van der Waals surface area contributed by atoms with Gasteiger partial charge in [0.25, 0.3) is 0 Å². The number of ether oxygens (including phenoxy) is 1. The van der Waals surface area contributed by atoms with Crippen molar-refractivity contribution in [3.05, 3.63) is 0 Å². The molecule has 1 N–H and O–H groups in total. The van der Waals surface area contributed by atoms with Crippen molar-refractivity contribution in [2.45, 2.75) is 65.7 Å². The molecular weight excluding hydrogens is 162 g/mol. The first-order valence-corrected chi connectivity index (χ1v) is 5.48. The molecule has 0 aliphatic heterocycles. The Hall–Kier alpha value is -0.0800. The largest absolute Gasteiger partial charge is 0.375 e. The van der Waals surface area contributed by atoms with Crippen molar-refractivity contribution in [2.24, 2.45) is 0 Å². The van der Waals surface area contributed by atoms with Gasteiger partial charge in [-0.1, -0.05) is 13.8 Å². The van der Waals surface area contributed by atoms with Crippen LogP contribution in [0.15, 0.2) is 0 Å². The molecule has 1 unspecified atom stereocenters. The minimum Gasteiger partial charge on any atom is -0.375 e. The van der Waals surface area contributed by atoms with Crippen LogP contribution in [0.25, 0.3) is 0 Å². The molecule has 0 aliphatic rings. The maximum atomic E-state index is 5.63. The summed E-state index contributed by atoms with van der Waals surface area (Å²) in [6.45, 7) is 11.7. The second-order valence-electron chi connectivity index (χ2n) is 3.92. The summed E-state index contributed by atoms with van der Waals surface area (Å²) in [6.07, 6.45) is 3.05. The highest BCUT2D eigenvalue weighted by Gasteiger charge is 2.07. The molecule has 0 aliphatic carbocycles. The van der Waals surface area contributed by atoms with Crippen molar-refractivity contribution in [3.8, 4) is 0 Å². The predicted molar refractivity (Wildman–Crippen MR) is 58.1 cm³/mol. The van der Waals surface area contributed by atoms with Gasteiger partial charge in [-0.15, -0.1) is 0 Å². The minimum absolute atomic E-state index is 0.320. The molecule has 0 bridgehead atoms. The average molecular weight is 187 g/mol. The first kappa shape index (κ1) is 12.9. The number of hydrogen-bond donors (Lipinski definition) is 1. The van der Waals surface area contributed by atoms with Gasteiger partial charge in [0.05, 0.1) is 12.2 Å². The van der Waals surface area contributed by atoms with Gasteiger partial charge >= 0.3 is 0 Å². The maximum Gasteiger partial charge on any atom is 0.0674 e. The number of nitrogens with one attached hydrogen (secondary N) is 1. The lowest BCUT2D eigenvalue weighted by atomic mass is 10.1. The van der Waals surface area contributed by atoms with Crippen LogP contribution in [0.2, 0.25) is 0 Å². The van der Waals surface area contributed by atoms with Crippen molar-refractivity contribution >= 4 is 0 Å². The van der Waals surface area contributed by atoms with Gasteiger partial charge in [0.1, 0.15) is 0 Å². The molecule has 0 aromatic heterocycles. The molecule has 0 aromatic carbocycles. The van der Waals surface area contributed by atoms with E-state index in [0.717, 1.165) is 6.54 Å². The highest BCUT2D eigenvalue weighted by Crippen LogP contribution is 1.99. The van der Waals surface area contributed by atoms with Gasteiger partial charge in [0, 0.05) is 12.6 Å². The Morgan fingerprint density at radius 1 is 1.08 bits per heavy atom. The van der Waals surface area contributed by atoms with Gasteiger partial charge in [-0.05, 0) is 33.6 Å². The summed E-state index contributed by atoms with van der Waals surface area (Å²) in [5.74, 6) is 0. The number of rotatable bonds is 7. The van der Waals surface area contributed by atoms with Crippen molar-refractivity contribution < 1.29 is 4.74 Å². The number of hydrogen-bond acceptors (Lipinski definition) is 2. The molecular formula is C11H25NO. The van der Waals surface area contributed by atoms with E-state index in [2.05, 4.69) is 39.9 Å². The monoisotopic (exact) mass is 187 g/mol. The fraction of sp³-hybridized carbons (Fsp3) is 1.00. The van der Waals surface area contributed by atoms with Crippen molar-refractivity contribution in [1.29, 1.82) is 0 Å². The third-order valence-corrected chi connectivity index (χ3v) is 2.18. The van der Waals surface area contributed by atoms with E-state index >= 15 is 0 Å². The molecule has 2 nitrogen and oxygen atoms in total. The molecule has 0 saturated heterocycles. The molecule has 0 heterocycles. The second-order valence-corrected chi connectivity index (χ2v) is 3.92. The average Bonchev–Trinajstić information content (AvgIpc) is 2.05. The standard InChI is InChI=1S/C11H25NO/c1-6-11(7-2)12-8-10(5)13-9(3)4/h9-12H,6-8H2,1-5H3. The Kier molecular flexibility index (Phi) is 7.29. The zero-order chi connectivity index (χ0) is 10.3. The highest BCUT2D eigenvalue weighted by atomic mass is 16.5. The molecule has 0 fully saturated rings. The summed E-state index contributed by atoms with van der Waals surface area (Å²) in [5, 5.41) is 3.50. The molecule has 13 heavy (non-hydrogen) atoms. The lowest BCUT2D eigenvalue weighted by Crippen LogP contribution is -2.35. The Morgan fingerprint density at radius 2 is 1.62 bits per heavy atom. The lowest BCUT2D eigenvalue weighted by molar-refractivity contribution is 0.0180. The van der Waals surface area contributed by atoms with Gasteiger partial charge in [-0.25, -0.2) is 0 Å². The van der Waals surface area contributed by atoms with Gasteiger partial charge < -0.3 is 10.1 Å². The van der Waals surface area contributed by atoms with Crippen LogP contribution in [0.1, 0.15) is 47.5 Å². The molecule has 0 amide bonds. The fourth-order valence-corrected chi connectivity index (χ4v) is 1.42. The van der Waals surface area contributed by atoms with E-state index in [-0.39, 0.29) is 0 Å². The maximum absolute atomic E-state index is 5.63. The van der Waals surface area contributed by atoms with Crippen LogP contribution in [-0.2, 0) is 4.74 Å². The predicted octanol–water partition coefficient (Wildman–Crippen LogP) is 2.58. The van der Waals surface area contributed by atoms with Gasteiger partial charge in [0.2, 0.25) is 0 Å². The van der Waals surface area contributed by atoms with E-state index in [4.69, 9.17) is 4.74 Å². The van der Waals surface area contributed by atoms with E-state index < -0.39 is 0 Å². The summed E-state index contributed by atoms with van der Waals surface area (Å²) >= 11 is 0. The Morgan fingerprint density at radius 3 is 2.00 bits per heavy atom. The van der Waals surface area contributed by atoms with Gasteiger partial charge in [-0.2, -0.15) is 0 Å². The van der Waals surface area contributed by atoms with Crippen LogP contribution in [0, 0.1) is 0 Å². The van der Waals surface area contributed by atoms with E-state index in [9.17, 15) is 0 Å². The summed E-state index contributed by atoms with van der Waals surface area (Å²) in [4.78, 5) is 0. The van der Waals surface area contributed by atoms with Gasteiger partial charge in [0.15, 0.2) is 0 Å². The molecule has 0 radical (unpaired) electrons. The minimum atomic E-state index is 0.320. The smallest absolute Gasteiger partial charge is 0.0674 e. The third kappa shape index (κ3) is 7.03. The third-order valence-electron chi connectivity index (χ3n) is 2.18. The zero-order valence-electron chi connectivity index (χ0n) is 9.76. The topological polar surface area (TPSA) is 21.3 Å². The van der Waals surface area contributed by atoms with Gasteiger partial charge in [-0.3, -0.25) is 0 Å². The summed E-state index contributed by atoms with van der Waals surface area (Å²) in [5.41, 5.74) is 0. The molecule has 2 heteroatoms. The summed E-state index contributed by atoms with van der Waals surface area (Å²) in [7, 11) is 0. The van der Waals surface area contributed by atoms with E-state index in [1.807, 2.05) is 0 Å². The Balaban J connectivity index is 3.49. The van der Waals surface area contributed by atoms with Crippen LogP contribution in [-0.4, -0.2) is 24.8 Å². The van der Waals surface area contributed by atoms with E-state index in [1.165, 1.54) is 12.8 Å². The molecule has 0 aromatic rings. The van der Waals surface area contributed by atoms with Crippen LogP contribution >= 0.6 is 0 Å². The normalized spacial score (nSPS) is 14.1. The zero-order valence-corrected chi connectivity index (χ0v) is 9.76. The quantitative estimate of drug-likeness (QED) is 0.661. The molecule has 0 spiro atoms.